The highest BCUT2D eigenvalue weighted by molar-refractivity contribution is 7.92. The average Bonchev–Trinajstić information content (AvgIpc) is 2.68. The van der Waals surface area contributed by atoms with E-state index >= 15 is 0 Å². The lowest BCUT2D eigenvalue weighted by atomic mass is 10.1. The second-order valence-corrected chi connectivity index (χ2v) is 11.3. The molecule has 1 amide bonds. The van der Waals surface area contributed by atoms with Gasteiger partial charge in [-0.3, -0.25) is 4.31 Å². The first-order chi connectivity index (χ1) is 14.1. The van der Waals surface area contributed by atoms with E-state index in [1.807, 2.05) is 0 Å². The molecule has 30 heavy (non-hydrogen) atoms. The van der Waals surface area contributed by atoms with Crippen LogP contribution in [0.1, 0.15) is 38.2 Å². The Labute approximate surface area is 178 Å². The van der Waals surface area contributed by atoms with E-state index < -0.39 is 20.0 Å². The molecule has 2 aliphatic rings. The normalized spacial score (nSPS) is 20.2. The summed E-state index contributed by atoms with van der Waals surface area (Å²) in [6.45, 7) is 4.91. The second kappa shape index (κ2) is 9.11. The maximum absolute atomic E-state index is 13.1. The molecule has 1 aromatic carbocycles. The predicted octanol–water partition coefficient (Wildman–Crippen LogP) is 1.82. The minimum atomic E-state index is -3.84. The molecule has 2 saturated heterocycles. The molecule has 0 spiro atoms. The summed E-state index contributed by atoms with van der Waals surface area (Å²) >= 11 is 0. The molecule has 2 heterocycles. The van der Waals surface area contributed by atoms with Crippen LogP contribution in [-0.2, 0) is 24.8 Å². The third-order valence-corrected chi connectivity index (χ3v) is 8.97. The van der Waals surface area contributed by atoms with E-state index in [1.165, 1.54) is 10.4 Å². The Balaban J connectivity index is 1.74. The van der Waals surface area contributed by atoms with Crippen LogP contribution in [0.2, 0.25) is 0 Å². The topological polar surface area (TPSA) is 113 Å². The van der Waals surface area contributed by atoms with E-state index in [2.05, 4.69) is 4.72 Å². The minimum absolute atomic E-state index is 0.0697. The van der Waals surface area contributed by atoms with Crippen LogP contribution in [0.3, 0.4) is 0 Å². The van der Waals surface area contributed by atoms with E-state index in [4.69, 9.17) is 4.74 Å². The van der Waals surface area contributed by atoms with Crippen molar-refractivity contribution >= 4 is 31.8 Å². The van der Waals surface area contributed by atoms with Gasteiger partial charge in [-0.2, -0.15) is 0 Å². The van der Waals surface area contributed by atoms with Crippen molar-refractivity contribution in [1.82, 2.24) is 9.62 Å². The smallest absolute Gasteiger partial charge is 0.409 e. The van der Waals surface area contributed by atoms with Crippen molar-refractivity contribution in [2.24, 2.45) is 0 Å². The van der Waals surface area contributed by atoms with E-state index in [0.717, 1.165) is 6.42 Å². The van der Waals surface area contributed by atoms with E-state index in [9.17, 15) is 21.6 Å². The van der Waals surface area contributed by atoms with Gasteiger partial charge in [0.05, 0.1) is 22.9 Å². The molecule has 2 fully saturated rings. The molecular weight excluding hydrogens is 430 g/mol. The summed E-state index contributed by atoms with van der Waals surface area (Å²) < 4.78 is 59.9. The number of hydrogen-bond acceptors (Lipinski definition) is 6. The number of hydrogen-bond donors (Lipinski definition) is 1. The third-order valence-electron chi connectivity index (χ3n) is 5.44. The van der Waals surface area contributed by atoms with E-state index in [1.54, 1.807) is 30.9 Å². The molecular formula is C19H29N3O6S2. The van der Waals surface area contributed by atoms with Crippen molar-refractivity contribution in [3.8, 4) is 0 Å². The van der Waals surface area contributed by atoms with Crippen LogP contribution in [-0.4, -0.2) is 65.9 Å². The van der Waals surface area contributed by atoms with E-state index in [0.29, 0.717) is 56.8 Å². The number of benzene rings is 1. The predicted molar refractivity (Wildman–Crippen MR) is 113 cm³/mol. The molecule has 0 atom stereocenters. The van der Waals surface area contributed by atoms with Gasteiger partial charge in [-0.25, -0.2) is 26.4 Å². The van der Waals surface area contributed by atoms with Crippen LogP contribution < -0.4 is 9.03 Å². The molecule has 0 saturated carbocycles. The monoisotopic (exact) mass is 459 g/mol. The lowest BCUT2D eigenvalue weighted by molar-refractivity contribution is 0.0966. The van der Waals surface area contributed by atoms with Crippen LogP contribution >= 0.6 is 0 Å². The molecule has 1 N–H and O–H groups in total. The summed E-state index contributed by atoms with van der Waals surface area (Å²) in [5.74, 6) is 0.0697. The third kappa shape index (κ3) is 5.06. The number of piperidine rings is 1. The Kier molecular flexibility index (Phi) is 6.93. The Morgan fingerprint density at radius 3 is 2.53 bits per heavy atom. The van der Waals surface area contributed by atoms with Crippen LogP contribution in [0.15, 0.2) is 23.1 Å². The molecule has 9 nitrogen and oxygen atoms in total. The van der Waals surface area contributed by atoms with Gasteiger partial charge in [-0.1, -0.05) is 6.07 Å². The second-order valence-electron chi connectivity index (χ2n) is 7.63. The molecule has 11 heteroatoms. The van der Waals surface area contributed by atoms with Crippen molar-refractivity contribution < 1.29 is 26.4 Å². The highest BCUT2D eigenvalue weighted by Gasteiger charge is 2.30. The summed E-state index contributed by atoms with van der Waals surface area (Å²) in [4.78, 5) is 13.5. The Morgan fingerprint density at radius 2 is 1.90 bits per heavy atom. The molecule has 168 valence electrons. The number of amides is 1. The summed E-state index contributed by atoms with van der Waals surface area (Å²) in [5, 5.41) is 0. The highest BCUT2D eigenvalue weighted by atomic mass is 32.2. The van der Waals surface area contributed by atoms with Gasteiger partial charge >= 0.3 is 6.09 Å². The van der Waals surface area contributed by atoms with Gasteiger partial charge in [0.2, 0.25) is 20.0 Å². The number of ether oxygens (including phenoxy) is 1. The number of anilines is 1. The molecule has 0 bridgehead atoms. The SMILES string of the molecule is CCOC(=O)N1CCC(NS(=O)(=O)c2cc(N3CCCCS3(=O)=O)ccc2C)CC1. The van der Waals surface area contributed by atoms with Crippen LogP contribution in [0.5, 0.6) is 0 Å². The number of nitrogens with one attached hydrogen (secondary N) is 1. The zero-order valence-electron chi connectivity index (χ0n) is 17.3. The quantitative estimate of drug-likeness (QED) is 0.719. The first-order valence-corrected chi connectivity index (χ1v) is 13.3. The number of carbonyl (C=O) groups excluding carboxylic acids is 1. The van der Waals surface area contributed by atoms with Gasteiger partial charge < -0.3 is 9.64 Å². The summed E-state index contributed by atoms with van der Waals surface area (Å²) in [6, 6.07) is 4.42. The average molecular weight is 460 g/mol. The summed E-state index contributed by atoms with van der Waals surface area (Å²) in [5.41, 5.74) is 0.919. The maximum atomic E-state index is 13.1. The fraction of sp³-hybridized carbons (Fsp3) is 0.632. The summed E-state index contributed by atoms with van der Waals surface area (Å²) in [7, 11) is -7.27. The maximum Gasteiger partial charge on any atom is 0.409 e. The van der Waals surface area contributed by atoms with Gasteiger partial charge in [0.25, 0.3) is 0 Å². The molecule has 0 aromatic heterocycles. The Morgan fingerprint density at radius 1 is 1.20 bits per heavy atom. The number of nitrogens with zero attached hydrogens (tertiary/aromatic N) is 2. The Bertz CT molecular complexity index is 986. The zero-order valence-corrected chi connectivity index (χ0v) is 19.0. The number of rotatable bonds is 5. The van der Waals surface area contributed by atoms with Gasteiger partial charge in [0.1, 0.15) is 0 Å². The lowest BCUT2D eigenvalue weighted by Crippen LogP contribution is -2.46. The van der Waals surface area contributed by atoms with Gasteiger partial charge in [-0.05, 0) is 57.2 Å². The number of sulfonamides is 2. The first kappa shape index (κ1) is 22.8. The first-order valence-electron chi connectivity index (χ1n) is 10.2. The standard InChI is InChI=1S/C19H29N3O6S2/c1-3-28-19(23)21-11-8-16(9-12-21)20-30(26,27)18-14-17(7-6-15(18)2)22-10-4-5-13-29(22,24)25/h6-7,14,16,20H,3-5,8-13H2,1-2H3. The minimum Gasteiger partial charge on any atom is -0.450 e. The van der Waals surface area contributed by atoms with Crippen molar-refractivity contribution in [2.45, 2.75) is 50.5 Å². The fourth-order valence-corrected chi connectivity index (χ4v) is 6.99. The van der Waals surface area contributed by atoms with Crippen LogP contribution in [0.4, 0.5) is 10.5 Å². The molecule has 2 aliphatic heterocycles. The Hall–Kier alpha value is -1.85. The van der Waals surface area contributed by atoms with Gasteiger partial charge in [0, 0.05) is 25.7 Å². The van der Waals surface area contributed by atoms with Crippen LogP contribution in [0, 0.1) is 6.92 Å². The zero-order chi connectivity index (χ0) is 21.9. The molecule has 3 rings (SSSR count). The lowest BCUT2D eigenvalue weighted by Gasteiger charge is -2.32. The number of likely N-dealkylation sites (tertiary alicyclic amines) is 1. The van der Waals surface area contributed by atoms with Crippen molar-refractivity contribution in [1.29, 1.82) is 0 Å². The van der Waals surface area contributed by atoms with Gasteiger partial charge in [0.15, 0.2) is 0 Å². The number of carbonyl (C=O) groups is 1. The van der Waals surface area contributed by atoms with Crippen molar-refractivity contribution in [3.63, 3.8) is 0 Å². The van der Waals surface area contributed by atoms with Crippen LogP contribution in [0.25, 0.3) is 0 Å². The summed E-state index contributed by atoms with van der Waals surface area (Å²) in [6.07, 6.45) is 1.94. The largest absolute Gasteiger partial charge is 0.450 e. The molecule has 0 aliphatic carbocycles. The highest BCUT2D eigenvalue weighted by Crippen LogP contribution is 2.28. The molecule has 0 radical (unpaired) electrons. The molecule has 1 aromatic rings. The van der Waals surface area contributed by atoms with Crippen molar-refractivity contribution in [2.75, 3.05) is 36.3 Å². The van der Waals surface area contributed by atoms with E-state index in [-0.39, 0.29) is 22.8 Å². The number of aryl methyl sites for hydroxylation is 1. The fourth-order valence-electron chi connectivity index (χ4n) is 3.79. The van der Waals surface area contributed by atoms with Gasteiger partial charge in [-0.15, -0.1) is 0 Å². The molecule has 0 unspecified atom stereocenters. The van der Waals surface area contributed by atoms with Crippen molar-refractivity contribution in [3.05, 3.63) is 23.8 Å².